The van der Waals surface area contributed by atoms with Gasteiger partial charge in [0.15, 0.2) is 5.82 Å². The first-order valence-corrected chi connectivity index (χ1v) is 7.26. The predicted molar refractivity (Wildman–Crippen MR) is 80.7 cm³/mol. The first kappa shape index (κ1) is 13.9. The molecule has 0 unspecified atom stereocenters. The van der Waals surface area contributed by atoms with Crippen LogP contribution in [-0.2, 0) is 6.54 Å². The maximum absolute atomic E-state index is 6.08. The quantitative estimate of drug-likeness (QED) is 0.854. The van der Waals surface area contributed by atoms with Crippen molar-refractivity contribution in [2.24, 2.45) is 11.3 Å². The number of anilines is 1. The van der Waals surface area contributed by atoms with Crippen LogP contribution in [0.2, 0.25) is 0 Å². The van der Waals surface area contributed by atoms with E-state index in [9.17, 15) is 0 Å². The molecule has 6 heteroatoms. The van der Waals surface area contributed by atoms with E-state index in [0.29, 0.717) is 22.8 Å². The molecule has 2 N–H and O–H groups in total. The summed E-state index contributed by atoms with van der Waals surface area (Å²) in [6.07, 6.45) is 2.47. The molecule has 0 radical (unpaired) electrons. The number of benzene rings is 1. The summed E-state index contributed by atoms with van der Waals surface area (Å²) in [5, 5.41) is 12.1. The number of tetrazole rings is 1. The zero-order valence-corrected chi connectivity index (χ0v) is 12.7. The van der Waals surface area contributed by atoms with Crippen molar-refractivity contribution in [1.29, 1.82) is 0 Å². The van der Waals surface area contributed by atoms with Crippen LogP contribution in [-0.4, -0.2) is 27.3 Å². The lowest BCUT2D eigenvalue weighted by Crippen LogP contribution is -2.19. The molecule has 112 valence electrons. The predicted octanol–water partition coefficient (Wildman–Crippen LogP) is 2.37. The maximum Gasteiger partial charge on any atom is 0.184 e. The summed E-state index contributed by atoms with van der Waals surface area (Å²) in [5.41, 5.74) is 7.88. The molecule has 1 saturated carbocycles. The Labute approximate surface area is 124 Å². The van der Waals surface area contributed by atoms with Crippen LogP contribution in [0.25, 0.3) is 11.4 Å². The second-order valence-electron chi connectivity index (χ2n) is 6.13. The van der Waals surface area contributed by atoms with Crippen LogP contribution >= 0.6 is 0 Å². The van der Waals surface area contributed by atoms with E-state index in [0.717, 1.165) is 17.9 Å². The van der Waals surface area contributed by atoms with Crippen LogP contribution in [0.4, 0.5) is 5.69 Å². The summed E-state index contributed by atoms with van der Waals surface area (Å²) in [7, 11) is 1.64. The summed E-state index contributed by atoms with van der Waals surface area (Å²) in [4.78, 5) is 0. The summed E-state index contributed by atoms with van der Waals surface area (Å²) in [5.74, 6) is 2.08. The number of ether oxygens (including phenoxy) is 1. The summed E-state index contributed by atoms with van der Waals surface area (Å²) >= 11 is 0. The van der Waals surface area contributed by atoms with Crippen molar-refractivity contribution in [3.05, 3.63) is 18.2 Å². The minimum absolute atomic E-state index is 0.331. The zero-order valence-electron chi connectivity index (χ0n) is 12.7. The molecule has 0 amide bonds. The van der Waals surface area contributed by atoms with Crippen LogP contribution in [0.15, 0.2) is 18.2 Å². The molecule has 1 fully saturated rings. The number of nitrogens with two attached hydrogens (primary N) is 1. The maximum atomic E-state index is 6.08. The van der Waals surface area contributed by atoms with Gasteiger partial charge in [-0.25, -0.2) is 4.68 Å². The van der Waals surface area contributed by atoms with Gasteiger partial charge in [-0.05, 0) is 52.8 Å². The highest BCUT2D eigenvalue weighted by atomic mass is 16.5. The minimum atomic E-state index is 0.331. The smallest absolute Gasteiger partial charge is 0.184 e. The van der Waals surface area contributed by atoms with Gasteiger partial charge in [-0.2, -0.15) is 0 Å². The van der Waals surface area contributed by atoms with Crippen LogP contribution in [0, 0.1) is 11.3 Å². The minimum Gasteiger partial charge on any atom is -0.497 e. The fourth-order valence-electron chi connectivity index (χ4n) is 2.74. The van der Waals surface area contributed by atoms with Gasteiger partial charge in [0.25, 0.3) is 0 Å². The average Bonchev–Trinajstić information content (AvgIpc) is 3.12. The molecular formula is C15H21N5O. The molecular weight excluding hydrogens is 266 g/mol. The molecule has 0 spiro atoms. The van der Waals surface area contributed by atoms with Crippen LogP contribution < -0.4 is 10.5 Å². The highest BCUT2D eigenvalue weighted by molar-refractivity contribution is 5.73. The molecule has 0 aliphatic heterocycles. The molecule has 1 aliphatic rings. The van der Waals surface area contributed by atoms with E-state index in [4.69, 9.17) is 10.5 Å². The number of aromatic nitrogens is 4. The van der Waals surface area contributed by atoms with E-state index in [-0.39, 0.29) is 0 Å². The summed E-state index contributed by atoms with van der Waals surface area (Å²) < 4.78 is 7.14. The van der Waals surface area contributed by atoms with E-state index in [1.807, 2.05) is 22.9 Å². The number of nitrogen functional groups attached to an aromatic ring is 1. The Morgan fingerprint density at radius 3 is 2.76 bits per heavy atom. The molecule has 6 nitrogen and oxygen atoms in total. The molecule has 1 aliphatic carbocycles. The number of rotatable bonds is 5. The van der Waals surface area contributed by atoms with Gasteiger partial charge in [-0.3, -0.25) is 0 Å². The number of nitrogens with zero attached hydrogens (tertiary/aromatic N) is 4. The van der Waals surface area contributed by atoms with Crippen LogP contribution in [0.5, 0.6) is 5.75 Å². The average molecular weight is 287 g/mol. The highest BCUT2D eigenvalue weighted by Gasteiger charge is 2.46. The van der Waals surface area contributed by atoms with Crippen LogP contribution in [0.3, 0.4) is 0 Å². The third-order valence-corrected chi connectivity index (χ3v) is 4.61. The number of methoxy groups -OCH3 is 1. The van der Waals surface area contributed by atoms with Crippen LogP contribution in [0.1, 0.15) is 26.7 Å². The second kappa shape index (κ2) is 5.02. The van der Waals surface area contributed by atoms with Crippen molar-refractivity contribution >= 4 is 5.69 Å². The monoisotopic (exact) mass is 287 g/mol. The topological polar surface area (TPSA) is 78.8 Å². The molecule has 2 aromatic rings. The fourth-order valence-corrected chi connectivity index (χ4v) is 2.74. The SMILES string of the molecule is COc1ccc(N)c(-c2nnnn2CC2(C(C)C)CC2)c1. The zero-order chi connectivity index (χ0) is 15.0. The third-order valence-electron chi connectivity index (χ3n) is 4.61. The molecule has 1 aromatic carbocycles. The first-order chi connectivity index (χ1) is 10.1. The molecule has 0 atom stereocenters. The Kier molecular flexibility index (Phi) is 3.31. The van der Waals surface area contributed by atoms with Gasteiger partial charge in [0.2, 0.25) is 0 Å². The van der Waals surface area contributed by atoms with E-state index in [2.05, 4.69) is 29.4 Å². The lowest BCUT2D eigenvalue weighted by molar-refractivity contribution is 0.294. The molecule has 3 rings (SSSR count). The highest BCUT2D eigenvalue weighted by Crippen LogP contribution is 2.53. The van der Waals surface area contributed by atoms with Gasteiger partial charge in [-0.1, -0.05) is 13.8 Å². The molecule has 1 heterocycles. The van der Waals surface area contributed by atoms with Crippen molar-refractivity contribution in [1.82, 2.24) is 20.2 Å². The van der Waals surface area contributed by atoms with Crippen molar-refractivity contribution in [3.63, 3.8) is 0 Å². The van der Waals surface area contributed by atoms with E-state index >= 15 is 0 Å². The van der Waals surface area contributed by atoms with Gasteiger partial charge in [-0.15, -0.1) is 5.10 Å². The Hall–Kier alpha value is -2.11. The second-order valence-corrected chi connectivity index (χ2v) is 6.13. The van der Waals surface area contributed by atoms with Gasteiger partial charge < -0.3 is 10.5 Å². The van der Waals surface area contributed by atoms with Gasteiger partial charge in [0.1, 0.15) is 5.75 Å². The van der Waals surface area contributed by atoms with E-state index in [1.54, 1.807) is 7.11 Å². The fraction of sp³-hybridized carbons (Fsp3) is 0.533. The summed E-state index contributed by atoms with van der Waals surface area (Å²) in [6, 6.07) is 5.54. The Bertz CT molecular complexity index is 645. The molecule has 0 saturated heterocycles. The normalized spacial score (nSPS) is 16.2. The van der Waals surface area contributed by atoms with Crippen molar-refractivity contribution in [2.45, 2.75) is 33.2 Å². The van der Waals surface area contributed by atoms with Gasteiger partial charge in [0, 0.05) is 11.3 Å². The summed E-state index contributed by atoms with van der Waals surface area (Å²) in [6.45, 7) is 5.36. The van der Waals surface area contributed by atoms with Crippen molar-refractivity contribution < 1.29 is 4.74 Å². The number of hydrogen-bond acceptors (Lipinski definition) is 5. The van der Waals surface area contributed by atoms with E-state index < -0.39 is 0 Å². The van der Waals surface area contributed by atoms with Gasteiger partial charge in [0.05, 0.1) is 13.7 Å². The Morgan fingerprint density at radius 1 is 1.38 bits per heavy atom. The molecule has 1 aromatic heterocycles. The lowest BCUT2D eigenvalue weighted by atomic mass is 9.92. The van der Waals surface area contributed by atoms with Crippen molar-refractivity contribution in [2.75, 3.05) is 12.8 Å². The van der Waals surface area contributed by atoms with Crippen molar-refractivity contribution in [3.8, 4) is 17.1 Å². The molecule has 0 bridgehead atoms. The third kappa shape index (κ3) is 2.46. The van der Waals surface area contributed by atoms with E-state index in [1.165, 1.54) is 12.8 Å². The largest absolute Gasteiger partial charge is 0.497 e. The lowest BCUT2D eigenvalue weighted by Gasteiger charge is -2.20. The molecule has 21 heavy (non-hydrogen) atoms. The Balaban J connectivity index is 1.96. The number of hydrogen-bond donors (Lipinski definition) is 1. The Morgan fingerprint density at radius 2 is 2.14 bits per heavy atom. The first-order valence-electron chi connectivity index (χ1n) is 7.26. The van der Waals surface area contributed by atoms with Gasteiger partial charge >= 0.3 is 0 Å². The standard InChI is InChI=1S/C15H21N5O/c1-10(2)15(6-7-15)9-20-14(17-18-19-20)12-8-11(21-3)4-5-13(12)16/h4-5,8,10H,6-7,9,16H2,1-3H3.